The van der Waals surface area contributed by atoms with Crippen molar-refractivity contribution in [1.82, 2.24) is 19.7 Å². The molecule has 0 N–H and O–H groups in total. The summed E-state index contributed by atoms with van der Waals surface area (Å²) in [4.78, 5) is 19.7. The molecule has 3 aromatic carbocycles. The van der Waals surface area contributed by atoms with E-state index in [0.717, 1.165) is 12.8 Å². The molecule has 1 amide bonds. The number of fused-ring (bicyclic) bond motifs is 1. The smallest absolute Gasteiger partial charge is 0.244 e. The lowest BCUT2D eigenvalue weighted by molar-refractivity contribution is -0.131. The van der Waals surface area contributed by atoms with Crippen LogP contribution in [0.1, 0.15) is 11.1 Å². The lowest BCUT2D eigenvalue weighted by Crippen LogP contribution is -2.36. The fraction of sp³-hybridized carbons (Fsp3) is 0.192. The SMILES string of the molecule is O=C(Cn1nc(-c2ccc(F)cc2)nc1-c1ccc(F)cc1)N1CCc2ccccc2CC1. The molecule has 5 nitrogen and oxygen atoms in total. The summed E-state index contributed by atoms with van der Waals surface area (Å²) in [5.41, 5.74) is 3.84. The van der Waals surface area contributed by atoms with E-state index < -0.39 is 0 Å². The second-order valence-corrected chi connectivity index (χ2v) is 8.08. The van der Waals surface area contributed by atoms with Gasteiger partial charge in [0, 0.05) is 24.2 Å². The molecular formula is C26H22F2N4O. The fourth-order valence-electron chi connectivity index (χ4n) is 4.13. The topological polar surface area (TPSA) is 51.0 Å². The third-order valence-corrected chi connectivity index (χ3v) is 5.93. The lowest BCUT2D eigenvalue weighted by atomic mass is 10.0. The molecule has 5 rings (SSSR count). The third kappa shape index (κ3) is 4.53. The van der Waals surface area contributed by atoms with Gasteiger partial charge in [-0.2, -0.15) is 0 Å². The Labute approximate surface area is 190 Å². The van der Waals surface area contributed by atoms with Gasteiger partial charge in [0.25, 0.3) is 0 Å². The molecule has 1 aliphatic heterocycles. The molecule has 0 atom stereocenters. The van der Waals surface area contributed by atoms with Crippen molar-refractivity contribution in [3.8, 4) is 22.8 Å². The molecule has 0 aliphatic carbocycles. The van der Waals surface area contributed by atoms with Crippen LogP contribution in [0.15, 0.2) is 72.8 Å². The summed E-state index contributed by atoms with van der Waals surface area (Å²) < 4.78 is 28.4. The minimum absolute atomic E-state index is 0.0112. The largest absolute Gasteiger partial charge is 0.340 e. The quantitative estimate of drug-likeness (QED) is 0.465. The summed E-state index contributed by atoms with van der Waals surface area (Å²) in [6.07, 6.45) is 1.62. The van der Waals surface area contributed by atoms with Crippen LogP contribution in [0.4, 0.5) is 8.78 Å². The number of carbonyl (C=O) groups is 1. The number of nitrogens with zero attached hydrogens (tertiary/aromatic N) is 4. The molecule has 166 valence electrons. The van der Waals surface area contributed by atoms with Crippen LogP contribution in [0.25, 0.3) is 22.8 Å². The molecule has 2 heterocycles. The van der Waals surface area contributed by atoms with E-state index in [1.807, 2.05) is 17.0 Å². The van der Waals surface area contributed by atoms with Gasteiger partial charge in [0.2, 0.25) is 5.91 Å². The van der Waals surface area contributed by atoms with Gasteiger partial charge in [-0.15, -0.1) is 5.10 Å². The average molecular weight is 444 g/mol. The van der Waals surface area contributed by atoms with E-state index in [1.165, 1.54) is 35.4 Å². The first kappa shape index (κ1) is 21.0. The van der Waals surface area contributed by atoms with Gasteiger partial charge in [0.05, 0.1) is 0 Å². The predicted octanol–water partition coefficient (Wildman–Crippen LogP) is 4.52. The molecule has 0 fully saturated rings. The van der Waals surface area contributed by atoms with Crippen molar-refractivity contribution in [3.63, 3.8) is 0 Å². The maximum atomic E-state index is 13.5. The van der Waals surface area contributed by atoms with Gasteiger partial charge < -0.3 is 4.90 Å². The fourth-order valence-corrected chi connectivity index (χ4v) is 4.13. The van der Waals surface area contributed by atoms with Gasteiger partial charge in [0.15, 0.2) is 11.6 Å². The Morgan fingerprint density at radius 3 is 1.91 bits per heavy atom. The average Bonchev–Trinajstić information content (AvgIpc) is 3.11. The number of amides is 1. The Balaban J connectivity index is 1.43. The van der Waals surface area contributed by atoms with Crippen molar-refractivity contribution in [3.05, 3.63) is 95.6 Å². The highest BCUT2D eigenvalue weighted by Gasteiger charge is 2.22. The van der Waals surface area contributed by atoms with E-state index in [-0.39, 0.29) is 24.1 Å². The first-order chi connectivity index (χ1) is 16.1. The van der Waals surface area contributed by atoms with E-state index in [1.54, 1.807) is 28.9 Å². The maximum Gasteiger partial charge on any atom is 0.244 e. The summed E-state index contributed by atoms with van der Waals surface area (Å²) in [6.45, 7) is 1.29. The number of carbonyl (C=O) groups excluding carboxylic acids is 1. The molecule has 0 bridgehead atoms. The molecule has 1 aromatic heterocycles. The van der Waals surface area contributed by atoms with Crippen molar-refractivity contribution >= 4 is 5.91 Å². The van der Waals surface area contributed by atoms with Crippen LogP contribution >= 0.6 is 0 Å². The predicted molar refractivity (Wildman–Crippen MR) is 121 cm³/mol. The summed E-state index contributed by atoms with van der Waals surface area (Å²) in [7, 11) is 0. The number of hydrogen-bond acceptors (Lipinski definition) is 3. The Morgan fingerprint density at radius 1 is 0.788 bits per heavy atom. The highest BCUT2D eigenvalue weighted by atomic mass is 19.1. The van der Waals surface area contributed by atoms with Crippen molar-refractivity contribution in [1.29, 1.82) is 0 Å². The van der Waals surface area contributed by atoms with E-state index in [9.17, 15) is 13.6 Å². The van der Waals surface area contributed by atoms with E-state index >= 15 is 0 Å². The molecule has 1 aliphatic rings. The molecule has 0 unspecified atom stereocenters. The van der Waals surface area contributed by atoms with E-state index in [2.05, 4.69) is 22.2 Å². The number of benzene rings is 3. The molecule has 0 saturated carbocycles. The van der Waals surface area contributed by atoms with Crippen LogP contribution in [-0.2, 0) is 24.2 Å². The third-order valence-electron chi connectivity index (χ3n) is 5.93. The van der Waals surface area contributed by atoms with Gasteiger partial charge in [-0.05, 0) is 72.5 Å². The van der Waals surface area contributed by atoms with Gasteiger partial charge in [-0.1, -0.05) is 24.3 Å². The zero-order valence-corrected chi connectivity index (χ0v) is 17.9. The van der Waals surface area contributed by atoms with E-state index in [4.69, 9.17) is 0 Å². The number of hydrogen-bond donors (Lipinski definition) is 0. The number of aromatic nitrogens is 3. The zero-order chi connectivity index (χ0) is 22.8. The van der Waals surface area contributed by atoms with Crippen LogP contribution in [0, 0.1) is 11.6 Å². The van der Waals surface area contributed by atoms with Crippen molar-refractivity contribution in [2.75, 3.05) is 13.1 Å². The van der Waals surface area contributed by atoms with Gasteiger partial charge in [-0.3, -0.25) is 4.79 Å². The molecule has 0 spiro atoms. The van der Waals surface area contributed by atoms with Gasteiger partial charge in [0.1, 0.15) is 18.2 Å². The van der Waals surface area contributed by atoms with Crippen LogP contribution in [0.3, 0.4) is 0 Å². The molecular weight excluding hydrogens is 422 g/mol. The summed E-state index contributed by atoms with van der Waals surface area (Å²) in [5, 5.41) is 4.55. The molecule has 33 heavy (non-hydrogen) atoms. The monoisotopic (exact) mass is 444 g/mol. The summed E-state index contributed by atoms with van der Waals surface area (Å²) in [6, 6.07) is 20.1. The van der Waals surface area contributed by atoms with Crippen LogP contribution in [-0.4, -0.2) is 38.7 Å². The highest BCUT2D eigenvalue weighted by molar-refractivity contribution is 5.77. The van der Waals surface area contributed by atoms with Crippen molar-refractivity contribution in [2.45, 2.75) is 19.4 Å². The first-order valence-corrected chi connectivity index (χ1v) is 10.9. The normalized spacial score (nSPS) is 13.5. The second kappa shape index (κ2) is 8.94. The zero-order valence-electron chi connectivity index (χ0n) is 17.9. The maximum absolute atomic E-state index is 13.5. The summed E-state index contributed by atoms with van der Waals surface area (Å²) >= 11 is 0. The minimum Gasteiger partial charge on any atom is -0.340 e. The molecule has 0 saturated heterocycles. The molecule has 0 radical (unpaired) electrons. The summed E-state index contributed by atoms with van der Waals surface area (Å²) in [5.74, 6) is 0.0750. The van der Waals surface area contributed by atoms with E-state index in [0.29, 0.717) is 35.9 Å². The highest BCUT2D eigenvalue weighted by Crippen LogP contribution is 2.24. The molecule has 7 heteroatoms. The number of rotatable bonds is 4. The van der Waals surface area contributed by atoms with Crippen LogP contribution in [0.2, 0.25) is 0 Å². The molecule has 4 aromatic rings. The van der Waals surface area contributed by atoms with Crippen molar-refractivity contribution in [2.24, 2.45) is 0 Å². The standard InChI is InChI=1S/C26H22F2N4O/c27-22-9-5-20(6-10-22)25-29-26(21-7-11-23(28)12-8-21)32(30-25)17-24(33)31-15-13-18-3-1-2-4-19(18)14-16-31/h1-12H,13-17H2. The number of halogens is 2. The van der Waals surface area contributed by atoms with Crippen LogP contribution in [0.5, 0.6) is 0 Å². The van der Waals surface area contributed by atoms with Crippen molar-refractivity contribution < 1.29 is 13.6 Å². The Hall–Kier alpha value is -3.87. The van der Waals surface area contributed by atoms with Gasteiger partial charge in [-0.25, -0.2) is 18.4 Å². The Kier molecular flexibility index (Phi) is 5.69. The van der Waals surface area contributed by atoms with Gasteiger partial charge >= 0.3 is 0 Å². The second-order valence-electron chi connectivity index (χ2n) is 8.08. The lowest BCUT2D eigenvalue weighted by Gasteiger charge is -2.20. The minimum atomic E-state index is -0.358. The Morgan fingerprint density at radius 2 is 1.33 bits per heavy atom. The first-order valence-electron chi connectivity index (χ1n) is 10.9. The van der Waals surface area contributed by atoms with Crippen LogP contribution < -0.4 is 0 Å². The Bertz CT molecular complexity index is 1260.